The molecule has 0 radical (unpaired) electrons. The van der Waals surface area contributed by atoms with Gasteiger partial charge in [0.15, 0.2) is 5.78 Å². The molecule has 0 saturated carbocycles. The predicted octanol–water partition coefficient (Wildman–Crippen LogP) is 1.53. The van der Waals surface area contributed by atoms with E-state index >= 15 is 0 Å². The van der Waals surface area contributed by atoms with Crippen LogP contribution >= 0.6 is 11.3 Å². The third-order valence-electron chi connectivity index (χ3n) is 2.96. The number of carbonyl (C=O) groups excluding carboxylic acids is 1. The number of carbonyl (C=O) groups is 1. The zero-order chi connectivity index (χ0) is 11.4. The van der Waals surface area contributed by atoms with E-state index in [1.54, 1.807) is 11.3 Å². The molecule has 1 aromatic rings. The van der Waals surface area contributed by atoms with E-state index in [1.165, 1.54) is 0 Å². The van der Waals surface area contributed by atoms with Crippen molar-refractivity contribution in [2.45, 2.75) is 13.3 Å². The van der Waals surface area contributed by atoms with Crippen molar-refractivity contribution < 1.29 is 4.79 Å². The van der Waals surface area contributed by atoms with Crippen LogP contribution in [0.4, 0.5) is 0 Å². The van der Waals surface area contributed by atoms with E-state index in [1.807, 2.05) is 18.4 Å². The fourth-order valence-electron chi connectivity index (χ4n) is 2.02. The van der Waals surface area contributed by atoms with Crippen LogP contribution in [0.15, 0.2) is 11.4 Å². The van der Waals surface area contributed by atoms with Crippen LogP contribution in [0.2, 0.25) is 0 Å². The Hall–Kier alpha value is -0.710. The molecule has 2 rings (SSSR count). The lowest BCUT2D eigenvalue weighted by atomic mass is 10.1. The van der Waals surface area contributed by atoms with Crippen LogP contribution in [0, 0.1) is 6.92 Å². The molecule has 88 valence electrons. The van der Waals surface area contributed by atoms with E-state index in [-0.39, 0.29) is 5.78 Å². The minimum atomic E-state index is 0.264. The van der Waals surface area contributed by atoms with Gasteiger partial charge in [-0.05, 0) is 37.9 Å². The fraction of sp³-hybridized carbons (Fsp3) is 0.583. The predicted molar refractivity (Wildman–Crippen MR) is 67.3 cm³/mol. The first-order valence-corrected chi connectivity index (χ1v) is 6.65. The molecule has 3 nitrogen and oxygen atoms in total. The maximum Gasteiger partial charge on any atom is 0.177 e. The summed E-state index contributed by atoms with van der Waals surface area (Å²) >= 11 is 1.65. The highest BCUT2D eigenvalue weighted by atomic mass is 32.1. The topological polar surface area (TPSA) is 32.3 Å². The lowest BCUT2D eigenvalue weighted by molar-refractivity contribution is 0.0935. The average Bonchev–Trinajstić information content (AvgIpc) is 2.53. The summed E-state index contributed by atoms with van der Waals surface area (Å²) in [4.78, 5) is 15.4. The summed E-state index contributed by atoms with van der Waals surface area (Å²) in [6.07, 6.45) is 1.13. The van der Waals surface area contributed by atoms with Crippen molar-refractivity contribution in [2.75, 3.05) is 32.7 Å². The lowest BCUT2D eigenvalue weighted by Crippen LogP contribution is -2.33. The van der Waals surface area contributed by atoms with E-state index in [9.17, 15) is 4.79 Å². The molecule has 0 amide bonds. The Bertz CT molecular complexity index is 354. The van der Waals surface area contributed by atoms with Gasteiger partial charge in [0.2, 0.25) is 0 Å². The summed E-state index contributed by atoms with van der Waals surface area (Å²) in [5, 5.41) is 5.34. The van der Waals surface area contributed by atoms with Gasteiger partial charge in [0, 0.05) is 23.5 Å². The van der Waals surface area contributed by atoms with Crippen molar-refractivity contribution in [2.24, 2.45) is 0 Å². The number of thiophene rings is 1. The van der Waals surface area contributed by atoms with Gasteiger partial charge in [-0.15, -0.1) is 11.3 Å². The maximum absolute atomic E-state index is 12.1. The fourth-order valence-corrected chi connectivity index (χ4v) is 2.74. The first kappa shape index (κ1) is 11.8. The monoisotopic (exact) mass is 238 g/mol. The Balaban J connectivity index is 1.93. The third-order valence-corrected chi connectivity index (χ3v) is 3.80. The molecule has 1 aromatic heterocycles. The summed E-state index contributed by atoms with van der Waals surface area (Å²) in [5.41, 5.74) is 0.905. The molecule has 4 heteroatoms. The average molecular weight is 238 g/mol. The zero-order valence-corrected chi connectivity index (χ0v) is 10.5. The van der Waals surface area contributed by atoms with Crippen molar-refractivity contribution in [3.8, 4) is 0 Å². The molecule has 0 bridgehead atoms. The highest BCUT2D eigenvalue weighted by molar-refractivity contribution is 7.10. The second-order valence-corrected chi connectivity index (χ2v) is 5.31. The molecule has 0 spiro atoms. The van der Waals surface area contributed by atoms with Crippen molar-refractivity contribution >= 4 is 17.1 Å². The second-order valence-electron chi connectivity index (χ2n) is 4.19. The van der Waals surface area contributed by atoms with Gasteiger partial charge in [0.05, 0.1) is 6.54 Å². The first-order valence-electron chi connectivity index (χ1n) is 5.78. The Kier molecular flexibility index (Phi) is 4.09. The highest BCUT2D eigenvalue weighted by Gasteiger charge is 2.15. The number of hydrogen-bond donors (Lipinski definition) is 1. The van der Waals surface area contributed by atoms with Gasteiger partial charge in [0.25, 0.3) is 0 Å². The standard InChI is InChI=1S/C12H18N2OS/c1-10-11(3-8-16-10)12(15)9-14-6-2-4-13-5-7-14/h3,8,13H,2,4-7,9H2,1H3. The summed E-state index contributed by atoms with van der Waals surface area (Å²) < 4.78 is 0. The molecular formula is C12H18N2OS. The molecule has 0 aliphatic carbocycles. The smallest absolute Gasteiger partial charge is 0.177 e. The van der Waals surface area contributed by atoms with E-state index in [2.05, 4.69) is 10.2 Å². The van der Waals surface area contributed by atoms with E-state index in [4.69, 9.17) is 0 Å². The number of ketones is 1. The van der Waals surface area contributed by atoms with Crippen LogP contribution in [0.3, 0.4) is 0 Å². The maximum atomic E-state index is 12.1. The van der Waals surface area contributed by atoms with E-state index in [0.29, 0.717) is 6.54 Å². The summed E-state index contributed by atoms with van der Waals surface area (Å²) in [5.74, 6) is 0.264. The van der Waals surface area contributed by atoms with Gasteiger partial charge in [0.1, 0.15) is 0 Å². The highest BCUT2D eigenvalue weighted by Crippen LogP contribution is 2.16. The van der Waals surface area contributed by atoms with Crippen LogP contribution in [0.5, 0.6) is 0 Å². The van der Waals surface area contributed by atoms with Crippen molar-refractivity contribution in [1.82, 2.24) is 10.2 Å². The molecule has 2 heterocycles. The summed E-state index contributed by atoms with van der Waals surface area (Å²) in [6, 6.07) is 1.94. The Morgan fingerprint density at radius 2 is 2.38 bits per heavy atom. The van der Waals surface area contributed by atoms with Crippen LogP contribution in [0.25, 0.3) is 0 Å². The molecule has 0 unspecified atom stereocenters. The quantitative estimate of drug-likeness (QED) is 0.811. The van der Waals surface area contributed by atoms with Gasteiger partial charge in [-0.25, -0.2) is 0 Å². The second kappa shape index (κ2) is 5.57. The number of nitrogens with zero attached hydrogens (tertiary/aromatic N) is 1. The lowest BCUT2D eigenvalue weighted by Gasteiger charge is -2.18. The largest absolute Gasteiger partial charge is 0.315 e. The van der Waals surface area contributed by atoms with Crippen molar-refractivity contribution in [3.63, 3.8) is 0 Å². The SMILES string of the molecule is Cc1sccc1C(=O)CN1CCCNCC1. The molecule has 1 N–H and O–H groups in total. The molecule has 0 aromatic carbocycles. The van der Waals surface area contributed by atoms with Gasteiger partial charge in [-0.2, -0.15) is 0 Å². The van der Waals surface area contributed by atoms with Crippen LogP contribution in [-0.2, 0) is 0 Å². The minimum Gasteiger partial charge on any atom is -0.315 e. The van der Waals surface area contributed by atoms with Gasteiger partial charge in [-0.3, -0.25) is 9.69 Å². The normalized spacial score (nSPS) is 18.3. The number of Topliss-reactive ketones (excluding diaryl/α,β-unsaturated/α-hetero) is 1. The molecular weight excluding hydrogens is 220 g/mol. The molecule has 1 aliphatic heterocycles. The molecule has 1 saturated heterocycles. The van der Waals surface area contributed by atoms with Crippen LogP contribution < -0.4 is 5.32 Å². The zero-order valence-electron chi connectivity index (χ0n) is 9.66. The Morgan fingerprint density at radius 1 is 1.50 bits per heavy atom. The Labute approximate surface area is 100 Å². The minimum absolute atomic E-state index is 0.264. The number of nitrogens with one attached hydrogen (secondary N) is 1. The van der Waals surface area contributed by atoms with Crippen molar-refractivity contribution in [3.05, 3.63) is 21.9 Å². The van der Waals surface area contributed by atoms with Gasteiger partial charge >= 0.3 is 0 Å². The number of rotatable bonds is 3. The molecule has 1 aliphatic rings. The number of aryl methyl sites for hydroxylation is 1. The first-order chi connectivity index (χ1) is 7.77. The Morgan fingerprint density at radius 3 is 3.12 bits per heavy atom. The summed E-state index contributed by atoms with van der Waals surface area (Å²) in [6.45, 7) is 6.66. The van der Waals surface area contributed by atoms with Gasteiger partial charge < -0.3 is 5.32 Å². The van der Waals surface area contributed by atoms with Gasteiger partial charge in [-0.1, -0.05) is 0 Å². The van der Waals surface area contributed by atoms with Crippen LogP contribution in [-0.4, -0.2) is 43.4 Å². The van der Waals surface area contributed by atoms with Crippen molar-refractivity contribution in [1.29, 1.82) is 0 Å². The van der Waals surface area contributed by atoms with Crippen LogP contribution in [0.1, 0.15) is 21.7 Å². The molecule has 0 atom stereocenters. The molecule has 1 fully saturated rings. The summed E-state index contributed by atoms with van der Waals surface area (Å²) in [7, 11) is 0. The number of hydrogen-bond acceptors (Lipinski definition) is 4. The molecule has 16 heavy (non-hydrogen) atoms. The van der Waals surface area contributed by atoms with E-state index < -0.39 is 0 Å². The van der Waals surface area contributed by atoms with E-state index in [0.717, 1.165) is 43.0 Å². The third kappa shape index (κ3) is 2.90.